The fourth-order valence-corrected chi connectivity index (χ4v) is 1.34. The molecule has 1 aliphatic heterocycles. The molecule has 1 atom stereocenters. The minimum Gasteiger partial charge on any atom is -0.459 e. The van der Waals surface area contributed by atoms with E-state index in [1.807, 2.05) is 0 Å². The number of nitrogens with one attached hydrogen (secondary N) is 1. The van der Waals surface area contributed by atoms with Gasteiger partial charge in [-0.05, 0) is 12.1 Å². The van der Waals surface area contributed by atoms with Gasteiger partial charge in [0.15, 0.2) is 12.8 Å². The summed E-state index contributed by atoms with van der Waals surface area (Å²) >= 11 is 0. The molecular weight excluding hydrogens is 216 g/mol. The summed E-state index contributed by atoms with van der Waals surface area (Å²) in [4.78, 5) is 3.54. The topological polar surface area (TPSA) is 59.6 Å². The predicted molar refractivity (Wildman–Crippen MR) is 56.4 cm³/mol. The zero-order valence-corrected chi connectivity index (χ0v) is 8.36. The molecule has 0 radical (unpaired) electrons. The van der Waals surface area contributed by atoms with Crippen molar-refractivity contribution in [1.29, 1.82) is 0 Å². The number of halogens is 2. The van der Waals surface area contributed by atoms with Gasteiger partial charge < -0.3 is 15.8 Å². The van der Waals surface area contributed by atoms with Crippen LogP contribution in [-0.4, -0.2) is 24.7 Å². The second-order valence-corrected chi connectivity index (χ2v) is 3.43. The zero-order valence-electron chi connectivity index (χ0n) is 8.36. The third-order valence-corrected chi connectivity index (χ3v) is 2.15. The normalized spacial score (nSPS) is 23.1. The molecule has 16 heavy (non-hydrogen) atoms. The number of hydrogen-bond acceptors (Lipinski definition) is 4. The number of amidine groups is 1. The van der Waals surface area contributed by atoms with Gasteiger partial charge in [-0.3, -0.25) is 0 Å². The number of ether oxygens (including phenoxy) is 1. The van der Waals surface area contributed by atoms with Crippen molar-refractivity contribution in [2.45, 2.75) is 12.1 Å². The minimum atomic E-state index is -3.07. The molecule has 0 aromatic heterocycles. The number of nitrogens with two attached hydrogens (primary N) is 1. The molecule has 0 fully saturated rings. The number of rotatable bonds is 2. The third-order valence-electron chi connectivity index (χ3n) is 2.15. The molecule has 0 spiro atoms. The van der Waals surface area contributed by atoms with Gasteiger partial charge in [-0.2, -0.15) is 8.78 Å². The van der Waals surface area contributed by atoms with Gasteiger partial charge in [0, 0.05) is 5.69 Å². The molecule has 2 rings (SSSR count). The van der Waals surface area contributed by atoms with E-state index >= 15 is 0 Å². The summed E-state index contributed by atoms with van der Waals surface area (Å²) in [5, 5.41) is 2.60. The molecule has 0 saturated heterocycles. The SMILES string of the molecule is NC1=NC(Nc2ccccc2)C(F)(F)CO1. The summed E-state index contributed by atoms with van der Waals surface area (Å²) in [5.74, 6) is -3.07. The smallest absolute Gasteiger partial charge is 0.321 e. The number of aliphatic imine (C=N–C) groups is 1. The second-order valence-electron chi connectivity index (χ2n) is 3.43. The van der Waals surface area contributed by atoms with Crippen LogP contribution in [0, 0.1) is 0 Å². The van der Waals surface area contributed by atoms with E-state index in [0.29, 0.717) is 5.69 Å². The van der Waals surface area contributed by atoms with Crippen LogP contribution in [0.2, 0.25) is 0 Å². The molecule has 1 aromatic carbocycles. The third kappa shape index (κ3) is 2.21. The Morgan fingerprint density at radius 3 is 2.75 bits per heavy atom. The van der Waals surface area contributed by atoms with E-state index in [2.05, 4.69) is 15.0 Å². The number of anilines is 1. The number of para-hydroxylation sites is 1. The van der Waals surface area contributed by atoms with Crippen molar-refractivity contribution in [3.8, 4) is 0 Å². The van der Waals surface area contributed by atoms with Crippen LogP contribution in [0.15, 0.2) is 35.3 Å². The van der Waals surface area contributed by atoms with Crippen LogP contribution < -0.4 is 11.1 Å². The molecular formula is C10H11F2N3O. The Morgan fingerprint density at radius 2 is 2.06 bits per heavy atom. The highest BCUT2D eigenvalue weighted by Crippen LogP contribution is 2.26. The second kappa shape index (κ2) is 3.96. The first kappa shape index (κ1) is 10.7. The molecule has 0 bridgehead atoms. The lowest BCUT2D eigenvalue weighted by molar-refractivity contribution is -0.0699. The van der Waals surface area contributed by atoms with E-state index in [1.54, 1.807) is 30.3 Å². The van der Waals surface area contributed by atoms with Crippen molar-refractivity contribution in [3.05, 3.63) is 30.3 Å². The van der Waals surface area contributed by atoms with E-state index in [4.69, 9.17) is 5.73 Å². The molecule has 1 heterocycles. The molecule has 1 aliphatic rings. The van der Waals surface area contributed by atoms with Gasteiger partial charge >= 0.3 is 5.92 Å². The largest absolute Gasteiger partial charge is 0.459 e. The molecule has 1 aromatic rings. The van der Waals surface area contributed by atoms with E-state index in [0.717, 1.165) is 0 Å². The van der Waals surface area contributed by atoms with Crippen LogP contribution in [0.1, 0.15) is 0 Å². The van der Waals surface area contributed by atoms with Crippen LogP contribution in [0.5, 0.6) is 0 Å². The number of hydrogen-bond donors (Lipinski definition) is 2. The van der Waals surface area contributed by atoms with Crippen molar-refractivity contribution < 1.29 is 13.5 Å². The van der Waals surface area contributed by atoms with E-state index < -0.39 is 18.7 Å². The summed E-state index contributed by atoms with van der Waals surface area (Å²) in [5.41, 5.74) is 5.82. The lowest BCUT2D eigenvalue weighted by Crippen LogP contribution is -2.48. The Balaban J connectivity index is 2.16. The Morgan fingerprint density at radius 1 is 1.38 bits per heavy atom. The highest BCUT2D eigenvalue weighted by atomic mass is 19.3. The fraction of sp³-hybridized carbons (Fsp3) is 0.300. The lowest BCUT2D eigenvalue weighted by atomic mass is 10.2. The maximum Gasteiger partial charge on any atom is 0.321 e. The first-order chi connectivity index (χ1) is 7.58. The van der Waals surface area contributed by atoms with Crippen LogP contribution >= 0.6 is 0 Å². The monoisotopic (exact) mass is 227 g/mol. The van der Waals surface area contributed by atoms with Crippen molar-refractivity contribution >= 4 is 11.7 Å². The first-order valence-corrected chi connectivity index (χ1v) is 4.73. The number of nitrogens with zero attached hydrogens (tertiary/aromatic N) is 1. The zero-order chi connectivity index (χ0) is 11.6. The molecule has 0 saturated carbocycles. The maximum atomic E-state index is 13.4. The molecule has 0 amide bonds. The van der Waals surface area contributed by atoms with Crippen LogP contribution in [0.25, 0.3) is 0 Å². The molecule has 86 valence electrons. The average Bonchev–Trinajstić information content (AvgIpc) is 2.26. The van der Waals surface area contributed by atoms with Crippen molar-refractivity contribution in [2.24, 2.45) is 10.7 Å². The van der Waals surface area contributed by atoms with E-state index in [9.17, 15) is 8.78 Å². The van der Waals surface area contributed by atoms with Crippen molar-refractivity contribution in [1.82, 2.24) is 0 Å². The Labute approximate surface area is 91.1 Å². The number of alkyl halides is 2. The minimum absolute atomic E-state index is 0.223. The van der Waals surface area contributed by atoms with E-state index in [-0.39, 0.29) is 6.02 Å². The van der Waals surface area contributed by atoms with Gasteiger partial charge in [0.05, 0.1) is 0 Å². The highest BCUT2D eigenvalue weighted by Gasteiger charge is 2.44. The summed E-state index contributed by atoms with van der Waals surface area (Å²) in [6.45, 7) is -0.757. The maximum absolute atomic E-state index is 13.4. The molecule has 1 unspecified atom stereocenters. The Hall–Kier alpha value is -1.85. The van der Waals surface area contributed by atoms with Gasteiger partial charge in [0.25, 0.3) is 6.02 Å². The average molecular weight is 227 g/mol. The van der Waals surface area contributed by atoms with E-state index in [1.165, 1.54) is 0 Å². The summed E-state index contributed by atoms with van der Waals surface area (Å²) in [7, 11) is 0. The predicted octanol–water partition coefficient (Wildman–Crippen LogP) is 1.40. The van der Waals surface area contributed by atoms with Gasteiger partial charge in [-0.25, -0.2) is 4.99 Å². The van der Waals surface area contributed by atoms with Crippen LogP contribution in [-0.2, 0) is 4.74 Å². The lowest BCUT2D eigenvalue weighted by Gasteiger charge is -2.29. The van der Waals surface area contributed by atoms with Gasteiger partial charge in [-0.1, -0.05) is 18.2 Å². The standard InChI is InChI=1S/C10H11F2N3O/c11-10(12)6-16-9(13)15-8(10)14-7-4-2-1-3-5-7/h1-5,8,14H,6H2,(H2,13,15). The summed E-state index contributed by atoms with van der Waals surface area (Å²) < 4.78 is 31.3. The van der Waals surface area contributed by atoms with Crippen LogP contribution in [0.3, 0.4) is 0 Å². The summed E-state index contributed by atoms with van der Waals surface area (Å²) in [6.07, 6.45) is -1.39. The quantitative estimate of drug-likeness (QED) is 0.803. The van der Waals surface area contributed by atoms with Crippen molar-refractivity contribution in [3.63, 3.8) is 0 Å². The highest BCUT2D eigenvalue weighted by molar-refractivity contribution is 5.72. The first-order valence-electron chi connectivity index (χ1n) is 4.73. The van der Waals surface area contributed by atoms with Gasteiger partial charge in [-0.15, -0.1) is 0 Å². The Kier molecular flexibility index (Phi) is 2.64. The molecule has 6 heteroatoms. The van der Waals surface area contributed by atoms with Crippen molar-refractivity contribution in [2.75, 3.05) is 11.9 Å². The number of benzene rings is 1. The van der Waals surface area contributed by atoms with Crippen LogP contribution in [0.4, 0.5) is 14.5 Å². The summed E-state index contributed by atoms with van der Waals surface area (Å²) in [6, 6.07) is 8.42. The molecule has 3 N–H and O–H groups in total. The fourth-order valence-electron chi connectivity index (χ4n) is 1.34. The van der Waals surface area contributed by atoms with Gasteiger partial charge in [0.2, 0.25) is 0 Å². The Bertz CT molecular complexity index is 394. The molecule has 0 aliphatic carbocycles. The molecule has 4 nitrogen and oxygen atoms in total. The van der Waals surface area contributed by atoms with Gasteiger partial charge in [0.1, 0.15) is 0 Å².